The lowest BCUT2D eigenvalue weighted by Gasteiger charge is -2.35. The van der Waals surface area contributed by atoms with Crippen molar-refractivity contribution >= 4 is 11.5 Å². The lowest BCUT2D eigenvalue weighted by molar-refractivity contribution is 0.306. The highest BCUT2D eigenvalue weighted by molar-refractivity contribution is 5.54. The van der Waals surface area contributed by atoms with Crippen LogP contribution in [0.25, 0.3) is 0 Å². The molecule has 0 spiro atoms. The van der Waals surface area contributed by atoms with Crippen LogP contribution in [0.4, 0.5) is 11.5 Å². The van der Waals surface area contributed by atoms with Gasteiger partial charge in [-0.25, -0.2) is 0 Å². The first kappa shape index (κ1) is 12.0. The van der Waals surface area contributed by atoms with Gasteiger partial charge in [-0.05, 0) is 37.8 Å². The molecule has 0 amide bonds. The van der Waals surface area contributed by atoms with Gasteiger partial charge in [-0.2, -0.15) is 4.98 Å². The molecule has 1 heterocycles. The van der Waals surface area contributed by atoms with Gasteiger partial charge in [-0.1, -0.05) is 6.92 Å². The molecule has 0 aromatic carbocycles. The minimum absolute atomic E-state index is 0.565. The Labute approximate surface area is 103 Å². The smallest absolute Gasteiger partial charge is 0.239 e. The van der Waals surface area contributed by atoms with Gasteiger partial charge >= 0.3 is 0 Å². The van der Waals surface area contributed by atoms with Crippen molar-refractivity contribution in [2.24, 2.45) is 0 Å². The number of rotatable bonds is 5. The summed E-state index contributed by atoms with van der Waals surface area (Å²) in [4.78, 5) is 6.72. The number of ether oxygens (including phenoxy) is 1. The predicted molar refractivity (Wildman–Crippen MR) is 70.5 cm³/mol. The second-order valence-electron chi connectivity index (χ2n) is 4.61. The first-order valence-corrected chi connectivity index (χ1v) is 6.34. The molecule has 4 nitrogen and oxygen atoms in total. The zero-order valence-corrected chi connectivity index (χ0v) is 10.6. The molecule has 1 aromatic rings. The highest BCUT2D eigenvalue weighted by Gasteiger charge is 2.23. The van der Waals surface area contributed by atoms with Crippen molar-refractivity contribution < 1.29 is 4.74 Å². The van der Waals surface area contributed by atoms with E-state index < -0.39 is 0 Å². The van der Waals surface area contributed by atoms with Crippen molar-refractivity contribution in [3.63, 3.8) is 0 Å². The Bertz CT molecular complexity index is 377. The van der Waals surface area contributed by atoms with E-state index in [2.05, 4.69) is 23.9 Å². The number of hydrogen-bond donors (Lipinski definition) is 1. The first-order valence-electron chi connectivity index (χ1n) is 6.34. The standard InChI is InChI=1S/C13H21N3O/c1-3-9-17-13-11(14)7-8-12(15-13)16(2)10-5-4-6-10/h7-8,10H,3-6,9,14H2,1-2H3. The third kappa shape index (κ3) is 2.62. The molecule has 0 unspecified atom stereocenters. The number of nitrogen functional groups attached to an aromatic ring is 1. The van der Waals surface area contributed by atoms with E-state index in [0.717, 1.165) is 12.2 Å². The van der Waals surface area contributed by atoms with Gasteiger partial charge in [0.15, 0.2) is 0 Å². The van der Waals surface area contributed by atoms with Gasteiger partial charge in [0.05, 0.1) is 12.3 Å². The Morgan fingerprint density at radius 1 is 1.47 bits per heavy atom. The molecule has 0 saturated heterocycles. The van der Waals surface area contributed by atoms with Crippen molar-refractivity contribution in [2.45, 2.75) is 38.6 Å². The van der Waals surface area contributed by atoms with E-state index >= 15 is 0 Å². The second kappa shape index (κ2) is 5.25. The van der Waals surface area contributed by atoms with Crippen molar-refractivity contribution in [2.75, 3.05) is 24.3 Å². The van der Waals surface area contributed by atoms with E-state index in [0.29, 0.717) is 24.2 Å². The van der Waals surface area contributed by atoms with Crippen molar-refractivity contribution in [1.82, 2.24) is 4.98 Å². The van der Waals surface area contributed by atoms with Gasteiger partial charge in [0, 0.05) is 13.1 Å². The Morgan fingerprint density at radius 2 is 2.24 bits per heavy atom. The summed E-state index contributed by atoms with van der Waals surface area (Å²) in [7, 11) is 2.09. The second-order valence-corrected chi connectivity index (χ2v) is 4.61. The number of aromatic nitrogens is 1. The van der Waals surface area contributed by atoms with E-state index in [4.69, 9.17) is 10.5 Å². The molecular formula is C13H21N3O. The fourth-order valence-corrected chi connectivity index (χ4v) is 1.91. The van der Waals surface area contributed by atoms with Gasteiger partial charge in [0.1, 0.15) is 5.82 Å². The summed E-state index contributed by atoms with van der Waals surface area (Å²) in [6, 6.07) is 4.47. The molecule has 17 heavy (non-hydrogen) atoms. The van der Waals surface area contributed by atoms with Crippen LogP contribution >= 0.6 is 0 Å². The maximum Gasteiger partial charge on any atom is 0.239 e. The molecule has 1 aliphatic rings. The minimum Gasteiger partial charge on any atom is -0.476 e. The maximum atomic E-state index is 5.85. The lowest BCUT2D eigenvalue weighted by atomic mass is 9.92. The third-order valence-corrected chi connectivity index (χ3v) is 3.30. The van der Waals surface area contributed by atoms with Crippen molar-refractivity contribution in [3.05, 3.63) is 12.1 Å². The van der Waals surface area contributed by atoms with Crippen molar-refractivity contribution in [3.8, 4) is 5.88 Å². The molecule has 0 atom stereocenters. The van der Waals surface area contributed by atoms with Crippen molar-refractivity contribution in [1.29, 1.82) is 0 Å². The molecule has 2 rings (SSSR count). The Balaban J connectivity index is 2.11. The minimum atomic E-state index is 0.565. The quantitative estimate of drug-likeness (QED) is 0.851. The van der Waals surface area contributed by atoms with Crippen LogP contribution < -0.4 is 15.4 Å². The molecule has 1 fully saturated rings. The average molecular weight is 235 g/mol. The molecule has 1 saturated carbocycles. The summed E-state index contributed by atoms with van der Waals surface area (Å²) >= 11 is 0. The van der Waals surface area contributed by atoms with Crippen LogP contribution in [0.3, 0.4) is 0 Å². The third-order valence-electron chi connectivity index (χ3n) is 3.30. The lowest BCUT2D eigenvalue weighted by Crippen LogP contribution is -2.37. The normalized spacial score (nSPS) is 15.4. The summed E-state index contributed by atoms with van der Waals surface area (Å²) in [5.41, 5.74) is 6.46. The van der Waals surface area contributed by atoms with E-state index in [1.165, 1.54) is 19.3 Å². The fourth-order valence-electron chi connectivity index (χ4n) is 1.91. The Kier molecular flexibility index (Phi) is 3.71. The van der Waals surface area contributed by atoms with E-state index in [-0.39, 0.29) is 0 Å². The van der Waals surface area contributed by atoms with Crippen LogP contribution in [-0.4, -0.2) is 24.7 Å². The SMILES string of the molecule is CCCOc1nc(N(C)C2CCC2)ccc1N. The number of hydrogen-bond acceptors (Lipinski definition) is 4. The van der Waals surface area contributed by atoms with Crippen LogP contribution in [0.2, 0.25) is 0 Å². The van der Waals surface area contributed by atoms with Gasteiger partial charge in [0.25, 0.3) is 0 Å². The Morgan fingerprint density at radius 3 is 2.82 bits per heavy atom. The summed E-state index contributed by atoms with van der Waals surface area (Å²) in [6.07, 6.45) is 4.80. The number of anilines is 2. The van der Waals surface area contributed by atoms with Crippen LogP contribution in [0.5, 0.6) is 5.88 Å². The molecule has 0 radical (unpaired) electrons. The van der Waals surface area contributed by atoms with Gasteiger partial charge in [-0.3, -0.25) is 0 Å². The largest absolute Gasteiger partial charge is 0.476 e. The molecule has 94 valence electrons. The highest BCUT2D eigenvalue weighted by Crippen LogP contribution is 2.29. The monoisotopic (exact) mass is 235 g/mol. The van der Waals surface area contributed by atoms with Crippen LogP contribution in [-0.2, 0) is 0 Å². The highest BCUT2D eigenvalue weighted by atomic mass is 16.5. The van der Waals surface area contributed by atoms with Gasteiger partial charge in [0.2, 0.25) is 5.88 Å². The van der Waals surface area contributed by atoms with E-state index in [1.807, 2.05) is 12.1 Å². The van der Waals surface area contributed by atoms with Gasteiger partial charge in [-0.15, -0.1) is 0 Å². The summed E-state index contributed by atoms with van der Waals surface area (Å²) < 4.78 is 5.55. The van der Waals surface area contributed by atoms with Crippen LogP contribution in [0.15, 0.2) is 12.1 Å². The molecule has 1 aliphatic carbocycles. The summed E-state index contributed by atoms with van der Waals surface area (Å²) in [5, 5.41) is 0. The zero-order chi connectivity index (χ0) is 12.3. The molecular weight excluding hydrogens is 214 g/mol. The topological polar surface area (TPSA) is 51.4 Å². The molecule has 0 bridgehead atoms. The number of nitrogens with zero attached hydrogens (tertiary/aromatic N) is 2. The number of nitrogens with two attached hydrogens (primary N) is 1. The molecule has 4 heteroatoms. The fraction of sp³-hybridized carbons (Fsp3) is 0.615. The first-order chi connectivity index (χ1) is 8.22. The predicted octanol–water partition coefficient (Wildman–Crippen LogP) is 2.44. The zero-order valence-electron chi connectivity index (χ0n) is 10.6. The maximum absolute atomic E-state index is 5.85. The van der Waals surface area contributed by atoms with Gasteiger partial charge < -0.3 is 15.4 Å². The van der Waals surface area contributed by atoms with E-state index in [9.17, 15) is 0 Å². The van der Waals surface area contributed by atoms with Crippen LogP contribution in [0.1, 0.15) is 32.6 Å². The van der Waals surface area contributed by atoms with E-state index in [1.54, 1.807) is 0 Å². The summed E-state index contributed by atoms with van der Waals surface area (Å²) in [6.45, 7) is 2.73. The summed E-state index contributed by atoms with van der Waals surface area (Å²) in [5.74, 6) is 1.52. The Hall–Kier alpha value is -1.45. The number of pyridine rings is 1. The molecule has 1 aromatic heterocycles. The molecule has 2 N–H and O–H groups in total. The van der Waals surface area contributed by atoms with Crippen LogP contribution in [0, 0.1) is 0 Å². The molecule has 0 aliphatic heterocycles. The average Bonchev–Trinajstić information content (AvgIpc) is 2.25.